The molecule has 2 aromatic carbocycles. The summed E-state index contributed by atoms with van der Waals surface area (Å²) in [6, 6.07) is 19.0. The Hall–Kier alpha value is -2.65. The van der Waals surface area contributed by atoms with E-state index in [4.69, 9.17) is 14.7 Å². The van der Waals surface area contributed by atoms with Crippen LogP contribution in [0.1, 0.15) is 48.1 Å². The number of ether oxygens (including phenoxy) is 1. The predicted octanol–water partition coefficient (Wildman–Crippen LogP) is 4.10. The van der Waals surface area contributed by atoms with Gasteiger partial charge in [0.25, 0.3) is 0 Å². The van der Waals surface area contributed by atoms with Crippen LogP contribution in [0.3, 0.4) is 0 Å². The third kappa shape index (κ3) is 4.95. The molecule has 3 heterocycles. The van der Waals surface area contributed by atoms with Crippen LogP contribution in [0.5, 0.6) is 0 Å². The number of aliphatic hydroxyl groups excluding tert-OH is 1. The molecule has 2 N–H and O–H groups in total. The van der Waals surface area contributed by atoms with Crippen molar-refractivity contribution < 1.29 is 14.4 Å². The highest BCUT2D eigenvalue weighted by Crippen LogP contribution is 2.43. The molecule has 37 heavy (non-hydrogen) atoms. The molecule has 0 spiro atoms. The number of aromatic nitrogens is 2. The largest absolute Gasteiger partial charge is 0.611 e. The monoisotopic (exact) mass is 518 g/mol. The van der Waals surface area contributed by atoms with Gasteiger partial charge in [-0.3, -0.25) is 0 Å². The summed E-state index contributed by atoms with van der Waals surface area (Å²) in [5, 5.41) is 13.3. The van der Waals surface area contributed by atoms with E-state index in [0.717, 1.165) is 49.4 Å². The van der Waals surface area contributed by atoms with E-state index in [1.807, 2.05) is 18.2 Å². The van der Waals surface area contributed by atoms with Crippen molar-refractivity contribution in [3.63, 3.8) is 0 Å². The molecular formula is C29H34N4O3S. The fourth-order valence-corrected chi connectivity index (χ4v) is 6.68. The van der Waals surface area contributed by atoms with Gasteiger partial charge in [-0.1, -0.05) is 60.2 Å². The quantitative estimate of drug-likeness (QED) is 0.434. The molecule has 194 valence electrons. The number of piperidine rings is 1. The third-order valence-electron chi connectivity index (χ3n) is 8.01. The highest BCUT2D eigenvalue weighted by Gasteiger charge is 2.45. The summed E-state index contributed by atoms with van der Waals surface area (Å²) in [4.78, 5) is 12.7. The maximum Gasteiger partial charge on any atom is 0.227 e. The molecule has 1 aliphatic carbocycles. The Balaban J connectivity index is 1.25. The Kier molecular flexibility index (Phi) is 6.61. The number of fused-ring (bicyclic) bond motifs is 1. The number of nitrogens with zero attached hydrogens (tertiary/aromatic N) is 3. The molecule has 1 atom stereocenters. The highest BCUT2D eigenvalue weighted by atomic mass is 32.2. The Labute approximate surface area is 221 Å². The topological polar surface area (TPSA) is 93.6 Å². The lowest BCUT2D eigenvalue weighted by atomic mass is 9.83. The van der Waals surface area contributed by atoms with Crippen molar-refractivity contribution in [2.75, 3.05) is 35.7 Å². The van der Waals surface area contributed by atoms with Crippen molar-refractivity contribution in [3.8, 4) is 0 Å². The summed E-state index contributed by atoms with van der Waals surface area (Å²) < 4.78 is 19.4. The average molecular weight is 519 g/mol. The minimum Gasteiger partial charge on any atom is -0.611 e. The summed E-state index contributed by atoms with van der Waals surface area (Å²) in [5.41, 5.74) is 3.77. The first kappa shape index (κ1) is 24.7. The molecule has 3 aromatic rings. The van der Waals surface area contributed by atoms with Gasteiger partial charge in [-0.15, -0.1) is 0 Å². The minimum absolute atomic E-state index is 0.0509. The van der Waals surface area contributed by atoms with Gasteiger partial charge in [0.2, 0.25) is 10.8 Å². The van der Waals surface area contributed by atoms with E-state index in [-0.39, 0.29) is 17.7 Å². The maximum absolute atomic E-state index is 12.7. The van der Waals surface area contributed by atoms with Crippen LogP contribution >= 0.6 is 0 Å². The summed E-state index contributed by atoms with van der Waals surface area (Å²) >= 11 is -1.10. The zero-order chi connectivity index (χ0) is 25.5. The van der Waals surface area contributed by atoms with E-state index >= 15 is 0 Å². The second kappa shape index (κ2) is 9.91. The Morgan fingerprint density at radius 2 is 1.76 bits per heavy atom. The summed E-state index contributed by atoms with van der Waals surface area (Å²) in [6.45, 7) is 4.24. The van der Waals surface area contributed by atoms with E-state index in [2.05, 4.69) is 53.5 Å². The zero-order valence-electron chi connectivity index (χ0n) is 21.3. The van der Waals surface area contributed by atoms with Gasteiger partial charge >= 0.3 is 0 Å². The van der Waals surface area contributed by atoms with Crippen molar-refractivity contribution in [2.45, 2.75) is 61.7 Å². The fourth-order valence-electron chi connectivity index (χ4n) is 5.37. The van der Waals surface area contributed by atoms with Crippen molar-refractivity contribution in [1.29, 1.82) is 0 Å². The number of aliphatic hydroxyl groups is 1. The Bertz CT molecular complexity index is 1240. The van der Waals surface area contributed by atoms with Crippen LogP contribution in [0.2, 0.25) is 0 Å². The Morgan fingerprint density at radius 3 is 2.43 bits per heavy atom. The molecule has 1 saturated carbocycles. The molecule has 0 amide bonds. The highest BCUT2D eigenvalue weighted by molar-refractivity contribution is 7.91. The lowest BCUT2D eigenvalue weighted by molar-refractivity contribution is -0.0785. The summed E-state index contributed by atoms with van der Waals surface area (Å²) in [6.07, 6.45) is 4.12. The van der Waals surface area contributed by atoms with E-state index in [0.29, 0.717) is 30.5 Å². The molecule has 1 saturated heterocycles. The van der Waals surface area contributed by atoms with Gasteiger partial charge in [0, 0.05) is 19.5 Å². The molecule has 3 aliphatic rings. The van der Waals surface area contributed by atoms with E-state index in [1.54, 1.807) is 0 Å². The number of benzene rings is 2. The van der Waals surface area contributed by atoms with Gasteiger partial charge in [0.05, 0.1) is 24.4 Å². The lowest BCUT2D eigenvalue weighted by Crippen LogP contribution is -2.45. The van der Waals surface area contributed by atoms with Crippen molar-refractivity contribution >= 4 is 22.9 Å². The molecule has 7 nitrogen and oxygen atoms in total. The third-order valence-corrected chi connectivity index (χ3v) is 9.46. The first-order chi connectivity index (χ1) is 18.0. The number of aryl methyl sites for hydroxylation is 2. The molecule has 0 bridgehead atoms. The maximum atomic E-state index is 12.7. The van der Waals surface area contributed by atoms with Crippen molar-refractivity contribution in [3.05, 3.63) is 77.0 Å². The second-order valence-corrected chi connectivity index (χ2v) is 12.1. The van der Waals surface area contributed by atoms with Gasteiger partial charge < -0.3 is 24.6 Å². The van der Waals surface area contributed by atoms with Crippen LogP contribution in [-0.2, 0) is 34.5 Å². The predicted molar refractivity (Wildman–Crippen MR) is 145 cm³/mol. The van der Waals surface area contributed by atoms with E-state index < -0.39 is 11.2 Å². The average Bonchev–Trinajstić information content (AvgIpc) is 3.61. The minimum atomic E-state index is -1.10. The first-order valence-electron chi connectivity index (χ1n) is 13.2. The number of hydrogen-bond donors (Lipinski definition) is 2. The van der Waals surface area contributed by atoms with Crippen LogP contribution in [0, 0.1) is 6.92 Å². The SMILES string of the molecule is Cc1ccc(C2(OCc3ccccc3)CCN(c3nc4c(c(NC5(CO)CC5)n3)[S+]([O-])CC4)CC2)cc1. The van der Waals surface area contributed by atoms with Crippen LogP contribution < -0.4 is 10.2 Å². The van der Waals surface area contributed by atoms with Gasteiger partial charge in [-0.25, -0.2) is 4.98 Å². The van der Waals surface area contributed by atoms with Gasteiger partial charge in [-0.2, -0.15) is 4.98 Å². The van der Waals surface area contributed by atoms with E-state index in [1.165, 1.54) is 16.7 Å². The normalized spacial score (nSPS) is 21.5. The molecule has 1 aromatic heterocycles. The lowest BCUT2D eigenvalue weighted by Gasteiger charge is -2.42. The Morgan fingerprint density at radius 1 is 1.03 bits per heavy atom. The summed E-state index contributed by atoms with van der Waals surface area (Å²) in [7, 11) is 0. The van der Waals surface area contributed by atoms with Crippen LogP contribution in [-0.4, -0.2) is 50.6 Å². The number of hydrogen-bond acceptors (Lipinski definition) is 7. The van der Waals surface area contributed by atoms with Gasteiger partial charge in [0.15, 0.2) is 5.82 Å². The molecule has 8 heteroatoms. The van der Waals surface area contributed by atoms with Crippen molar-refractivity contribution in [1.82, 2.24) is 9.97 Å². The molecular weight excluding hydrogens is 484 g/mol. The van der Waals surface area contributed by atoms with Gasteiger partial charge in [-0.05, 0) is 54.9 Å². The molecule has 1 unspecified atom stereocenters. The summed E-state index contributed by atoms with van der Waals surface area (Å²) in [5.74, 6) is 1.89. The molecule has 2 aliphatic heterocycles. The van der Waals surface area contributed by atoms with Gasteiger partial charge in [0.1, 0.15) is 11.4 Å². The van der Waals surface area contributed by atoms with Crippen LogP contribution in [0.25, 0.3) is 0 Å². The fraction of sp³-hybridized carbons (Fsp3) is 0.448. The smallest absolute Gasteiger partial charge is 0.227 e. The van der Waals surface area contributed by atoms with Crippen LogP contribution in [0.4, 0.5) is 11.8 Å². The first-order valence-corrected chi connectivity index (χ1v) is 14.5. The molecule has 0 radical (unpaired) electrons. The standard InChI is InChI=1S/C29H34N4O3S/c1-21-7-9-23(10-8-21)29(36-19-22-5-3-2-4-6-22)14-16-33(17-15-29)27-30-24-11-18-37(35)25(24)26(31-27)32-28(20-34)12-13-28/h2-10,34H,11-20H2,1H3,(H,30,31,32). The zero-order valence-corrected chi connectivity index (χ0v) is 22.1. The number of rotatable bonds is 8. The van der Waals surface area contributed by atoms with Crippen LogP contribution in [0.15, 0.2) is 59.5 Å². The second-order valence-electron chi connectivity index (χ2n) is 10.6. The molecule has 2 fully saturated rings. The van der Waals surface area contributed by atoms with Crippen molar-refractivity contribution in [2.24, 2.45) is 0 Å². The van der Waals surface area contributed by atoms with E-state index in [9.17, 15) is 9.66 Å². The molecule has 6 rings (SSSR count). The number of anilines is 2. The number of nitrogens with one attached hydrogen (secondary N) is 1.